The van der Waals surface area contributed by atoms with Gasteiger partial charge in [0.2, 0.25) is 0 Å². The van der Waals surface area contributed by atoms with Gasteiger partial charge in [-0.25, -0.2) is 0 Å². The molecule has 0 aromatic heterocycles. The quantitative estimate of drug-likeness (QED) is 0.832. The Kier molecular flexibility index (Phi) is 4.02. The van der Waals surface area contributed by atoms with Crippen LogP contribution in [0.1, 0.15) is 58.9 Å². The molecule has 0 heterocycles. The lowest BCUT2D eigenvalue weighted by Crippen LogP contribution is -2.26. The third kappa shape index (κ3) is 2.22. The molecule has 0 saturated heterocycles. The first-order valence-electron chi connectivity index (χ1n) is 6.37. The highest BCUT2D eigenvalue weighted by atomic mass is 16.3. The first-order valence-corrected chi connectivity index (χ1v) is 6.37. The van der Waals surface area contributed by atoms with E-state index >= 15 is 0 Å². The Hall–Kier alpha value is -1.15. The third-order valence-electron chi connectivity index (χ3n) is 4.05. The number of hydrogen-bond donors (Lipinski definition) is 1. The van der Waals surface area contributed by atoms with Gasteiger partial charge in [-0.05, 0) is 62.4 Å². The highest BCUT2D eigenvalue weighted by Gasteiger charge is 2.28. The SMILES string of the molecule is CC(=O)c1c(C)c(C)c(C)c(C(C)(C)CO)c1C. The van der Waals surface area contributed by atoms with E-state index in [1.807, 2.05) is 34.6 Å². The fraction of sp³-hybridized carbons (Fsp3) is 0.562. The largest absolute Gasteiger partial charge is 0.395 e. The summed E-state index contributed by atoms with van der Waals surface area (Å²) in [6.45, 7) is 13.8. The second kappa shape index (κ2) is 4.85. The number of rotatable bonds is 3. The summed E-state index contributed by atoms with van der Waals surface area (Å²) in [5.74, 6) is 0.100. The van der Waals surface area contributed by atoms with Gasteiger partial charge < -0.3 is 5.11 Å². The van der Waals surface area contributed by atoms with Crippen LogP contribution in [-0.2, 0) is 5.41 Å². The Morgan fingerprint density at radius 2 is 1.50 bits per heavy atom. The number of carbonyl (C=O) groups is 1. The van der Waals surface area contributed by atoms with Crippen molar-refractivity contribution in [2.45, 2.75) is 53.9 Å². The van der Waals surface area contributed by atoms with Crippen LogP contribution in [0.15, 0.2) is 0 Å². The van der Waals surface area contributed by atoms with Gasteiger partial charge in [0.15, 0.2) is 5.78 Å². The molecule has 18 heavy (non-hydrogen) atoms. The summed E-state index contributed by atoms with van der Waals surface area (Å²) in [6, 6.07) is 0. The topological polar surface area (TPSA) is 37.3 Å². The molecule has 1 aromatic rings. The summed E-state index contributed by atoms with van der Waals surface area (Å²) < 4.78 is 0. The highest BCUT2D eigenvalue weighted by Crippen LogP contribution is 2.35. The second-order valence-corrected chi connectivity index (χ2v) is 5.85. The van der Waals surface area contributed by atoms with Gasteiger partial charge in [0, 0.05) is 11.0 Å². The Morgan fingerprint density at radius 1 is 1.00 bits per heavy atom. The number of hydrogen-bond acceptors (Lipinski definition) is 2. The predicted octanol–water partition coefficient (Wildman–Crippen LogP) is 3.39. The Balaban J connectivity index is 3.79. The average Bonchev–Trinajstić information content (AvgIpc) is 2.25. The minimum atomic E-state index is -0.323. The van der Waals surface area contributed by atoms with E-state index in [1.165, 1.54) is 5.56 Å². The van der Waals surface area contributed by atoms with Crippen molar-refractivity contribution >= 4 is 5.78 Å². The molecule has 0 aliphatic heterocycles. The molecule has 0 spiro atoms. The first kappa shape index (κ1) is 14.9. The molecule has 1 rings (SSSR count). The van der Waals surface area contributed by atoms with E-state index in [2.05, 4.69) is 6.92 Å². The van der Waals surface area contributed by atoms with Gasteiger partial charge in [0.1, 0.15) is 0 Å². The maximum atomic E-state index is 11.9. The summed E-state index contributed by atoms with van der Waals surface area (Å²) in [5.41, 5.74) is 6.03. The van der Waals surface area contributed by atoms with Crippen molar-refractivity contribution in [3.8, 4) is 0 Å². The molecule has 0 radical (unpaired) electrons. The van der Waals surface area contributed by atoms with Crippen LogP contribution in [0.4, 0.5) is 0 Å². The minimum absolute atomic E-state index is 0.0779. The van der Waals surface area contributed by atoms with Crippen molar-refractivity contribution in [1.82, 2.24) is 0 Å². The van der Waals surface area contributed by atoms with Gasteiger partial charge in [-0.15, -0.1) is 0 Å². The minimum Gasteiger partial charge on any atom is -0.395 e. The van der Waals surface area contributed by atoms with E-state index in [1.54, 1.807) is 6.92 Å². The van der Waals surface area contributed by atoms with Crippen molar-refractivity contribution < 1.29 is 9.90 Å². The molecule has 2 nitrogen and oxygen atoms in total. The van der Waals surface area contributed by atoms with Crippen molar-refractivity contribution in [3.05, 3.63) is 33.4 Å². The Morgan fingerprint density at radius 3 is 1.89 bits per heavy atom. The number of benzene rings is 1. The maximum absolute atomic E-state index is 11.9. The molecule has 100 valence electrons. The van der Waals surface area contributed by atoms with Crippen LogP contribution in [0, 0.1) is 27.7 Å². The number of carbonyl (C=O) groups excluding carboxylic acids is 1. The molecule has 0 atom stereocenters. The molecular formula is C16H24O2. The Labute approximate surface area is 110 Å². The number of Topliss-reactive ketones (excluding diaryl/α,β-unsaturated/α-hetero) is 1. The third-order valence-corrected chi connectivity index (χ3v) is 4.05. The zero-order chi connectivity index (χ0) is 14.2. The van der Waals surface area contributed by atoms with Crippen LogP contribution < -0.4 is 0 Å². The number of aliphatic hydroxyl groups is 1. The summed E-state index contributed by atoms with van der Waals surface area (Å²) in [7, 11) is 0. The van der Waals surface area contributed by atoms with Crippen LogP contribution in [0.3, 0.4) is 0 Å². The van der Waals surface area contributed by atoms with Crippen LogP contribution in [0.25, 0.3) is 0 Å². The van der Waals surface area contributed by atoms with Crippen LogP contribution in [0.2, 0.25) is 0 Å². The van der Waals surface area contributed by atoms with E-state index in [9.17, 15) is 9.90 Å². The van der Waals surface area contributed by atoms with Crippen molar-refractivity contribution in [2.24, 2.45) is 0 Å². The smallest absolute Gasteiger partial charge is 0.160 e. The van der Waals surface area contributed by atoms with Crippen molar-refractivity contribution in [2.75, 3.05) is 6.61 Å². The van der Waals surface area contributed by atoms with Crippen LogP contribution in [-0.4, -0.2) is 17.5 Å². The van der Waals surface area contributed by atoms with Gasteiger partial charge in [-0.1, -0.05) is 13.8 Å². The number of aliphatic hydroxyl groups excluding tert-OH is 1. The molecule has 0 saturated carbocycles. The Bertz CT molecular complexity index is 497. The molecule has 0 unspecified atom stereocenters. The maximum Gasteiger partial charge on any atom is 0.160 e. The molecule has 0 aliphatic carbocycles. The lowest BCUT2D eigenvalue weighted by atomic mass is 9.75. The van der Waals surface area contributed by atoms with Gasteiger partial charge in [-0.3, -0.25) is 4.79 Å². The fourth-order valence-corrected chi connectivity index (χ4v) is 2.97. The summed E-state index contributed by atoms with van der Waals surface area (Å²) in [5, 5.41) is 9.60. The molecule has 0 bridgehead atoms. The lowest BCUT2D eigenvalue weighted by Gasteiger charge is -2.30. The molecule has 0 fully saturated rings. The van der Waals surface area contributed by atoms with E-state index in [0.29, 0.717) is 0 Å². The zero-order valence-corrected chi connectivity index (χ0v) is 12.6. The zero-order valence-electron chi connectivity index (χ0n) is 12.6. The molecule has 0 amide bonds. The first-order chi connectivity index (χ1) is 8.15. The van der Waals surface area contributed by atoms with Gasteiger partial charge in [-0.2, -0.15) is 0 Å². The highest BCUT2D eigenvalue weighted by molar-refractivity contribution is 5.98. The summed E-state index contributed by atoms with van der Waals surface area (Å²) in [6.07, 6.45) is 0. The molecular weight excluding hydrogens is 224 g/mol. The molecule has 0 aliphatic rings. The standard InChI is InChI=1S/C16H24O2/c1-9-10(2)14(13(5)18)12(4)15(11(9)3)16(6,7)8-17/h17H,8H2,1-7H3. The average molecular weight is 248 g/mol. The summed E-state index contributed by atoms with van der Waals surface area (Å²) >= 11 is 0. The lowest BCUT2D eigenvalue weighted by molar-refractivity contribution is 0.101. The van der Waals surface area contributed by atoms with Crippen LogP contribution >= 0.6 is 0 Å². The second-order valence-electron chi connectivity index (χ2n) is 5.85. The van der Waals surface area contributed by atoms with Gasteiger partial charge in [0.05, 0.1) is 6.61 Å². The van der Waals surface area contributed by atoms with E-state index in [4.69, 9.17) is 0 Å². The number of ketones is 1. The van der Waals surface area contributed by atoms with Crippen LogP contribution in [0.5, 0.6) is 0 Å². The van der Waals surface area contributed by atoms with Crippen molar-refractivity contribution in [3.63, 3.8) is 0 Å². The molecule has 1 N–H and O–H groups in total. The van der Waals surface area contributed by atoms with Gasteiger partial charge in [0.25, 0.3) is 0 Å². The monoisotopic (exact) mass is 248 g/mol. The van der Waals surface area contributed by atoms with Crippen molar-refractivity contribution in [1.29, 1.82) is 0 Å². The van der Waals surface area contributed by atoms with E-state index in [-0.39, 0.29) is 17.8 Å². The van der Waals surface area contributed by atoms with E-state index in [0.717, 1.165) is 27.8 Å². The van der Waals surface area contributed by atoms with Gasteiger partial charge >= 0.3 is 0 Å². The van der Waals surface area contributed by atoms with E-state index < -0.39 is 0 Å². The normalized spacial score (nSPS) is 11.8. The fourth-order valence-electron chi connectivity index (χ4n) is 2.97. The molecule has 1 aromatic carbocycles. The predicted molar refractivity (Wildman–Crippen MR) is 75.5 cm³/mol. The summed E-state index contributed by atoms with van der Waals surface area (Å²) in [4.78, 5) is 11.9. The molecule has 2 heteroatoms.